The van der Waals surface area contributed by atoms with Crippen LogP contribution in [0.25, 0.3) is 6.08 Å². The molecule has 2 aromatic carbocycles. The van der Waals surface area contributed by atoms with Crippen LogP contribution in [-0.4, -0.2) is 55.2 Å². The Labute approximate surface area is 176 Å². The zero-order valence-electron chi connectivity index (χ0n) is 16.4. The van der Waals surface area contributed by atoms with Crippen molar-refractivity contribution < 1.29 is 18.0 Å². The fourth-order valence-electron chi connectivity index (χ4n) is 3.86. The largest absolute Gasteiger partial charge is 0.332 e. The van der Waals surface area contributed by atoms with Gasteiger partial charge in [0.15, 0.2) is 0 Å². The van der Waals surface area contributed by atoms with Crippen LogP contribution in [0.5, 0.6) is 0 Å². The van der Waals surface area contributed by atoms with Crippen LogP contribution in [0.2, 0.25) is 0 Å². The van der Waals surface area contributed by atoms with Crippen LogP contribution in [0.1, 0.15) is 18.4 Å². The van der Waals surface area contributed by atoms with E-state index in [-0.39, 0.29) is 24.5 Å². The molecule has 0 radical (unpaired) electrons. The van der Waals surface area contributed by atoms with Gasteiger partial charge in [0, 0.05) is 24.5 Å². The number of carbonyl (C=O) groups excluding carboxylic acids is 2. The molecule has 0 bridgehead atoms. The first kappa shape index (κ1) is 20.3. The molecule has 0 spiro atoms. The van der Waals surface area contributed by atoms with Crippen molar-refractivity contribution in [3.05, 3.63) is 71.6 Å². The molecule has 0 unspecified atom stereocenters. The highest BCUT2D eigenvalue weighted by atomic mass is 32.2. The van der Waals surface area contributed by atoms with Crippen molar-refractivity contribution in [2.24, 2.45) is 0 Å². The molecule has 0 atom stereocenters. The Hall–Kier alpha value is -2.97. The van der Waals surface area contributed by atoms with Crippen LogP contribution in [0, 0.1) is 0 Å². The third-order valence-electron chi connectivity index (χ3n) is 5.46. The number of urea groups is 1. The van der Waals surface area contributed by atoms with E-state index < -0.39 is 10.0 Å². The molecule has 7 nitrogen and oxygen atoms in total. The lowest BCUT2D eigenvalue weighted by Gasteiger charge is -2.34. The number of imide groups is 1. The predicted molar refractivity (Wildman–Crippen MR) is 115 cm³/mol. The van der Waals surface area contributed by atoms with Crippen LogP contribution in [0.4, 0.5) is 10.5 Å². The quantitative estimate of drug-likeness (QED) is 0.690. The molecule has 8 heteroatoms. The van der Waals surface area contributed by atoms with E-state index in [9.17, 15) is 18.0 Å². The number of anilines is 1. The van der Waals surface area contributed by atoms with Gasteiger partial charge in [-0.25, -0.2) is 18.1 Å². The molecule has 156 valence electrons. The first-order valence-electron chi connectivity index (χ1n) is 9.87. The summed E-state index contributed by atoms with van der Waals surface area (Å²) in [6.45, 7) is 0.657. The molecule has 0 aliphatic carbocycles. The molecular formula is C22H23N3O4S. The standard InChI is InChI=1S/C22H23N3O4S/c26-21-17-24(22(27)25(21)20-9-5-2-6-10-20)19-11-14-23(15-12-19)30(28,29)16-13-18-7-3-1-4-8-18/h1-10,13,16,19H,11-12,14-15,17H2. The first-order chi connectivity index (χ1) is 14.5. The maximum absolute atomic E-state index is 12.8. The molecule has 4 rings (SSSR count). The monoisotopic (exact) mass is 425 g/mol. The van der Waals surface area contributed by atoms with E-state index >= 15 is 0 Å². The van der Waals surface area contributed by atoms with E-state index in [0.717, 1.165) is 5.56 Å². The smallest absolute Gasteiger partial charge is 0.312 e. The SMILES string of the molecule is O=C1CN(C2CCN(S(=O)(=O)C=Cc3ccccc3)CC2)C(=O)N1c1ccccc1. The normalized spacial score (nSPS) is 19.2. The summed E-state index contributed by atoms with van der Waals surface area (Å²) in [6, 6.07) is 17.6. The van der Waals surface area contributed by atoms with Crippen LogP contribution >= 0.6 is 0 Å². The lowest BCUT2D eigenvalue weighted by Crippen LogP contribution is -2.47. The molecule has 2 saturated heterocycles. The van der Waals surface area contributed by atoms with Crippen molar-refractivity contribution in [1.29, 1.82) is 0 Å². The summed E-state index contributed by atoms with van der Waals surface area (Å²) in [5.41, 5.74) is 1.37. The van der Waals surface area contributed by atoms with Gasteiger partial charge in [-0.05, 0) is 36.6 Å². The molecule has 3 amide bonds. The van der Waals surface area contributed by atoms with Gasteiger partial charge in [0.05, 0.1) is 5.69 Å². The highest BCUT2D eigenvalue weighted by Crippen LogP contribution is 2.27. The summed E-state index contributed by atoms with van der Waals surface area (Å²) in [4.78, 5) is 28.0. The Morgan fingerprint density at radius 1 is 0.867 bits per heavy atom. The van der Waals surface area contributed by atoms with Gasteiger partial charge >= 0.3 is 6.03 Å². The molecular weight excluding hydrogens is 402 g/mol. The summed E-state index contributed by atoms with van der Waals surface area (Å²) >= 11 is 0. The van der Waals surface area contributed by atoms with E-state index in [0.29, 0.717) is 31.6 Å². The highest BCUT2D eigenvalue weighted by Gasteiger charge is 2.42. The average molecular weight is 426 g/mol. The number of rotatable bonds is 5. The number of nitrogens with zero attached hydrogens (tertiary/aromatic N) is 3. The summed E-state index contributed by atoms with van der Waals surface area (Å²) in [5.74, 6) is -0.257. The van der Waals surface area contributed by atoms with E-state index in [1.165, 1.54) is 14.6 Å². The number of amides is 3. The molecule has 2 heterocycles. The summed E-state index contributed by atoms with van der Waals surface area (Å²) in [6.07, 6.45) is 2.59. The molecule has 0 aromatic heterocycles. The summed E-state index contributed by atoms with van der Waals surface area (Å²) in [7, 11) is -3.53. The first-order valence-corrected chi connectivity index (χ1v) is 11.4. The van der Waals surface area contributed by atoms with Crippen molar-refractivity contribution in [1.82, 2.24) is 9.21 Å². The van der Waals surface area contributed by atoms with Crippen LogP contribution in [0.15, 0.2) is 66.1 Å². The van der Waals surface area contributed by atoms with Gasteiger partial charge in [-0.3, -0.25) is 4.79 Å². The van der Waals surface area contributed by atoms with Crippen LogP contribution in [0.3, 0.4) is 0 Å². The lowest BCUT2D eigenvalue weighted by atomic mass is 10.1. The lowest BCUT2D eigenvalue weighted by molar-refractivity contribution is -0.116. The minimum Gasteiger partial charge on any atom is -0.312 e. The minimum atomic E-state index is -3.53. The minimum absolute atomic E-state index is 0.0268. The van der Waals surface area contributed by atoms with Gasteiger partial charge in [0.2, 0.25) is 10.0 Å². The Bertz CT molecular complexity index is 1050. The summed E-state index contributed by atoms with van der Waals surface area (Å²) in [5, 5.41) is 1.23. The topological polar surface area (TPSA) is 78.0 Å². The molecule has 2 fully saturated rings. The van der Waals surface area contributed by atoms with Crippen molar-refractivity contribution in [3.63, 3.8) is 0 Å². The van der Waals surface area contributed by atoms with E-state index in [4.69, 9.17) is 0 Å². The fourth-order valence-corrected chi connectivity index (χ4v) is 5.08. The predicted octanol–water partition coefficient (Wildman–Crippen LogP) is 2.92. The number of carbonyl (C=O) groups is 2. The number of hydrogen-bond donors (Lipinski definition) is 0. The van der Waals surface area contributed by atoms with Gasteiger partial charge in [-0.1, -0.05) is 48.5 Å². The Kier molecular flexibility index (Phi) is 5.69. The van der Waals surface area contributed by atoms with Crippen molar-refractivity contribution in [2.75, 3.05) is 24.5 Å². The molecule has 2 aliphatic heterocycles. The number of piperidine rings is 1. The second kappa shape index (κ2) is 8.41. The van der Waals surface area contributed by atoms with Crippen molar-refractivity contribution in [2.45, 2.75) is 18.9 Å². The maximum atomic E-state index is 12.8. The molecule has 2 aliphatic rings. The number of sulfonamides is 1. The van der Waals surface area contributed by atoms with Crippen molar-refractivity contribution in [3.8, 4) is 0 Å². The molecule has 30 heavy (non-hydrogen) atoms. The van der Waals surface area contributed by atoms with E-state index in [1.54, 1.807) is 35.2 Å². The van der Waals surface area contributed by atoms with Gasteiger partial charge in [-0.2, -0.15) is 4.31 Å². The summed E-state index contributed by atoms with van der Waals surface area (Å²) < 4.78 is 26.7. The average Bonchev–Trinajstić information content (AvgIpc) is 3.07. The Balaban J connectivity index is 1.39. The van der Waals surface area contributed by atoms with Gasteiger partial charge in [0.1, 0.15) is 6.54 Å². The maximum Gasteiger partial charge on any atom is 0.332 e. The number of para-hydroxylation sites is 1. The fraction of sp³-hybridized carbons (Fsp3) is 0.273. The molecule has 0 saturated carbocycles. The second-order valence-electron chi connectivity index (χ2n) is 7.36. The number of hydrogen-bond acceptors (Lipinski definition) is 4. The van der Waals surface area contributed by atoms with E-state index in [2.05, 4.69) is 0 Å². The van der Waals surface area contributed by atoms with Crippen molar-refractivity contribution >= 4 is 33.7 Å². The van der Waals surface area contributed by atoms with Crippen LogP contribution in [-0.2, 0) is 14.8 Å². The molecule has 0 N–H and O–H groups in total. The van der Waals surface area contributed by atoms with Gasteiger partial charge in [-0.15, -0.1) is 0 Å². The second-order valence-corrected chi connectivity index (χ2v) is 9.18. The third kappa shape index (κ3) is 4.15. The third-order valence-corrected chi connectivity index (χ3v) is 7.03. The Morgan fingerprint density at radius 2 is 1.47 bits per heavy atom. The number of benzene rings is 2. The van der Waals surface area contributed by atoms with E-state index in [1.807, 2.05) is 36.4 Å². The zero-order chi connectivity index (χ0) is 21.1. The molecule has 2 aromatic rings. The van der Waals surface area contributed by atoms with Crippen LogP contribution < -0.4 is 4.90 Å². The van der Waals surface area contributed by atoms with Gasteiger partial charge in [0.25, 0.3) is 5.91 Å². The highest BCUT2D eigenvalue weighted by molar-refractivity contribution is 7.92. The zero-order valence-corrected chi connectivity index (χ0v) is 17.2. The van der Waals surface area contributed by atoms with Gasteiger partial charge < -0.3 is 4.90 Å². The Morgan fingerprint density at radius 3 is 2.10 bits per heavy atom.